The quantitative estimate of drug-likeness (QED) is 0.330. The topological polar surface area (TPSA) is 62.4 Å². The Morgan fingerprint density at radius 1 is 1.32 bits per heavy atom. The van der Waals surface area contributed by atoms with Gasteiger partial charge < -0.3 is 20.7 Å². The van der Waals surface area contributed by atoms with Gasteiger partial charge in [0.15, 0.2) is 5.11 Å². The van der Waals surface area contributed by atoms with Crippen LogP contribution < -0.4 is 16.0 Å². The molecule has 100 valence electrons. The van der Waals surface area contributed by atoms with E-state index < -0.39 is 0 Å². The van der Waals surface area contributed by atoms with E-state index in [4.69, 9.17) is 23.4 Å². The molecule has 0 aromatic heterocycles. The minimum Gasteiger partial charge on any atom is -0.349 e. The number of benzene rings is 1. The SMILES string of the molecule is C#CCOCNC(=S)Nc1ccc(NC(C)=O)cc1. The molecule has 19 heavy (non-hydrogen) atoms. The van der Waals surface area contributed by atoms with Crippen molar-refractivity contribution in [1.82, 2.24) is 5.32 Å². The van der Waals surface area contributed by atoms with Crippen molar-refractivity contribution in [2.45, 2.75) is 6.92 Å². The summed E-state index contributed by atoms with van der Waals surface area (Å²) in [4.78, 5) is 10.9. The fourth-order valence-corrected chi connectivity index (χ4v) is 1.42. The van der Waals surface area contributed by atoms with Gasteiger partial charge in [-0.2, -0.15) is 0 Å². The van der Waals surface area contributed by atoms with E-state index in [0.29, 0.717) is 5.11 Å². The lowest BCUT2D eigenvalue weighted by atomic mass is 10.3. The summed E-state index contributed by atoms with van der Waals surface area (Å²) in [5, 5.41) is 8.94. The maximum Gasteiger partial charge on any atom is 0.221 e. The minimum absolute atomic E-state index is 0.108. The van der Waals surface area contributed by atoms with Crippen LogP contribution in [-0.2, 0) is 9.53 Å². The molecule has 1 aromatic rings. The summed E-state index contributed by atoms with van der Waals surface area (Å²) in [6.07, 6.45) is 5.04. The van der Waals surface area contributed by atoms with E-state index in [1.54, 1.807) is 12.1 Å². The zero-order chi connectivity index (χ0) is 14.1. The highest BCUT2D eigenvalue weighted by Gasteiger charge is 1.98. The molecule has 0 radical (unpaired) electrons. The van der Waals surface area contributed by atoms with Crippen molar-refractivity contribution >= 4 is 34.6 Å². The number of terminal acetylenes is 1. The van der Waals surface area contributed by atoms with Crippen LogP contribution in [0.1, 0.15) is 6.92 Å². The molecule has 0 aliphatic carbocycles. The number of hydrogen-bond donors (Lipinski definition) is 3. The molecule has 1 amide bonds. The summed E-state index contributed by atoms with van der Waals surface area (Å²) in [7, 11) is 0. The Kier molecular flexibility index (Phi) is 6.36. The molecule has 0 aliphatic rings. The van der Waals surface area contributed by atoms with Crippen LogP contribution in [0.5, 0.6) is 0 Å². The number of amides is 1. The van der Waals surface area contributed by atoms with E-state index in [1.165, 1.54) is 6.92 Å². The Morgan fingerprint density at radius 3 is 2.42 bits per heavy atom. The summed E-state index contributed by atoms with van der Waals surface area (Å²) in [5.74, 6) is 2.24. The second-order valence-corrected chi connectivity index (χ2v) is 3.99. The lowest BCUT2D eigenvalue weighted by molar-refractivity contribution is -0.114. The number of rotatable bonds is 5. The largest absolute Gasteiger partial charge is 0.349 e. The van der Waals surface area contributed by atoms with Crippen LogP contribution in [0.2, 0.25) is 0 Å². The number of carbonyl (C=O) groups excluding carboxylic acids is 1. The van der Waals surface area contributed by atoms with E-state index in [9.17, 15) is 4.79 Å². The van der Waals surface area contributed by atoms with Crippen LogP contribution in [0.25, 0.3) is 0 Å². The Balaban J connectivity index is 2.38. The molecule has 5 nitrogen and oxygen atoms in total. The van der Waals surface area contributed by atoms with Gasteiger partial charge in [-0.15, -0.1) is 6.42 Å². The molecule has 0 aliphatic heterocycles. The third kappa shape index (κ3) is 6.41. The molecule has 0 bridgehead atoms. The van der Waals surface area contributed by atoms with Crippen molar-refractivity contribution in [2.24, 2.45) is 0 Å². The summed E-state index contributed by atoms with van der Waals surface area (Å²) in [6.45, 7) is 1.95. The lowest BCUT2D eigenvalue weighted by Crippen LogP contribution is -2.30. The first-order valence-electron chi connectivity index (χ1n) is 5.55. The average Bonchev–Trinajstić information content (AvgIpc) is 2.36. The van der Waals surface area contributed by atoms with Gasteiger partial charge in [0.25, 0.3) is 0 Å². The maximum absolute atomic E-state index is 10.9. The summed E-state index contributed by atoms with van der Waals surface area (Å²) >= 11 is 5.06. The highest BCUT2D eigenvalue weighted by Crippen LogP contribution is 2.13. The number of thiocarbonyl (C=S) groups is 1. The number of carbonyl (C=O) groups is 1. The molecular formula is C13H15N3O2S. The highest BCUT2D eigenvalue weighted by molar-refractivity contribution is 7.80. The van der Waals surface area contributed by atoms with Gasteiger partial charge in [0, 0.05) is 18.3 Å². The number of nitrogens with one attached hydrogen (secondary N) is 3. The molecule has 0 saturated heterocycles. The standard InChI is InChI=1S/C13H15N3O2S/c1-3-8-18-9-14-13(19)16-12-6-4-11(5-7-12)15-10(2)17/h1,4-7H,8-9H2,2H3,(H,15,17)(H2,14,16,19). The van der Waals surface area contributed by atoms with Crippen molar-refractivity contribution in [2.75, 3.05) is 24.0 Å². The first-order chi connectivity index (χ1) is 9.11. The van der Waals surface area contributed by atoms with Crippen molar-refractivity contribution in [1.29, 1.82) is 0 Å². The predicted octanol–water partition coefficient (Wildman–Crippen LogP) is 1.54. The Labute approximate surface area is 117 Å². The third-order valence-electron chi connectivity index (χ3n) is 1.98. The smallest absolute Gasteiger partial charge is 0.221 e. The monoisotopic (exact) mass is 277 g/mol. The van der Waals surface area contributed by atoms with Gasteiger partial charge >= 0.3 is 0 Å². The van der Waals surface area contributed by atoms with Crippen LogP contribution in [-0.4, -0.2) is 24.4 Å². The lowest BCUT2D eigenvalue weighted by Gasteiger charge is -2.10. The number of anilines is 2. The average molecular weight is 277 g/mol. The van der Waals surface area contributed by atoms with E-state index in [2.05, 4.69) is 21.9 Å². The fourth-order valence-electron chi connectivity index (χ4n) is 1.24. The molecule has 0 fully saturated rings. The maximum atomic E-state index is 10.9. The van der Waals surface area contributed by atoms with Crippen molar-refractivity contribution in [3.8, 4) is 12.3 Å². The van der Waals surface area contributed by atoms with Gasteiger partial charge in [0.2, 0.25) is 5.91 Å². The van der Waals surface area contributed by atoms with Gasteiger partial charge in [-0.05, 0) is 36.5 Å². The van der Waals surface area contributed by atoms with Gasteiger partial charge in [-0.3, -0.25) is 4.79 Å². The molecule has 0 unspecified atom stereocenters. The Bertz CT molecular complexity index is 480. The minimum atomic E-state index is -0.108. The summed E-state index contributed by atoms with van der Waals surface area (Å²) in [5.41, 5.74) is 1.54. The van der Waals surface area contributed by atoms with Crippen LogP contribution in [0.3, 0.4) is 0 Å². The zero-order valence-corrected chi connectivity index (χ0v) is 11.3. The van der Waals surface area contributed by atoms with Crippen molar-refractivity contribution < 1.29 is 9.53 Å². The third-order valence-corrected chi connectivity index (χ3v) is 2.23. The Hall–Kier alpha value is -2.10. The summed E-state index contributed by atoms with van der Waals surface area (Å²) in [6, 6.07) is 7.17. The number of hydrogen-bond acceptors (Lipinski definition) is 3. The molecular weight excluding hydrogens is 262 g/mol. The molecule has 0 saturated carbocycles. The van der Waals surface area contributed by atoms with E-state index in [-0.39, 0.29) is 19.2 Å². The first kappa shape index (κ1) is 15.0. The van der Waals surface area contributed by atoms with Crippen molar-refractivity contribution in [3.05, 3.63) is 24.3 Å². The highest BCUT2D eigenvalue weighted by atomic mass is 32.1. The fraction of sp³-hybridized carbons (Fsp3) is 0.231. The summed E-state index contributed by atoms with van der Waals surface area (Å²) < 4.78 is 5.03. The molecule has 3 N–H and O–H groups in total. The van der Waals surface area contributed by atoms with Crippen LogP contribution in [0.4, 0.5) is 11.4 Å². The van der Waals surface area contributed by atoms with E-state index in [1.807, 2.05) is 12.1 Å². The molecule has 0 heterocycles. The van der Waals surface area contributed by atoms with Gasteiger partial charge in [-0.25, -0.2) is 0 Å². The van der Waals surface area contributed by atoms with Gasteiger partial charge in [0.1, 0.15) is 13.3 Å². The normalized spacial score (nSPS) is 9.26. The van der Waals surface area contributed by atoms with E-state index >= 15 is 0 Å². The molecule has 0 atom stereocenters. The number of ether oxygens (including phenoxy) is 1. The van der Waals surface area contributed by atoms with Crippen LogP contribution in [0.15, 0.2) is 24.3 Å². The van der Waals surface area contributed by atoms with Crippen molar-refractivity contribution in [3.63, 3.8) is 0 Å². The zero-order valence-electron chi connectivity index (χ0n) is 10.5. The molecule has 1 aromatic carbocycles. The second-order valence-electron chi connectivity index (χ2n) is 3.59. The molecule has 1 rings (SSSR count). The van der Waals surface area contributed by atoms with Crippen LogP contribution in [0, 0.1) is 12.3 Å². The first-order valence-corrected chi connectivity index (χ1v) is 5.96. The predicted molar refractivity (Wildman–Crippen MR) is 79.8 cm³/mol. The van der Waals surface area contributed by atoms with Gasteiger partial charge in [0.05, 0.1) is 0 Å². The van der Waals surface area contributed by atoms with Crippen LogP contribution >= 0.6 is 12.2 Å². The molecule has 6 heteroatoms. The molecule has 0 spiro atoms. The second kappa shape index (κ2) is 8.08. The van der Waals surface area contributed by atoms with Gasteiger partial charge in [-0.1, -0.05) is 5.92 Å². The van der Waals surface area contributed by atoms with E-state index in [0.717, 1.165) is 11.4 Å². The Morgan fingerprint density at radius 2 is 1.89 bits per heavy atom.